The highest BCUT2D eigenvalue weighted by Gasteiger charge is 2.27. The molecule has 2 unspecified atom stereocenters. The molecule has 0 aromatic carbocycles. The van der Waals surface area contributed by atoms with Crippen LogP contribution in [0.5, 0.6) is 0 Å². The maximum absolute atomic E-state index is 6.09. The average Bonchev–Trinajstić information content (AvgIpc) is 2.76. The van der Waals surface area contributed by atoms with Crippen molar-refractivity contribution in [3.63, 3.8) is 0 Å². The Morgan fingerprint density at radius 3 is 2.38 bits per heavy atom. The molecular formula is C14H27NO. The van der Waals surface area contributed by atoms with Gasteiger partial charge in [-0.1, -0.05) is 13.3 Å². The molecule has 2 rings (SSSR count). The molecule has 0 aliphatic heterocycles. The predicted octanol–water partition coefficient (Wildman–Crippen LogP) is 2.96. The van der Waals surface area contributed by atoms with Crippen LogP contribution >= 0.6 is 0 Å². The molecule has 0 aromatic rings. The Kier molecular flexibility index (Phi) is 4.66. The number of rotatable bonds is 4. The summed E-state index contributed by atoms with van der Waals surface area (Å²) in [6, 6.07) is 0. The van der Waals surface area contributed by atoms with Crippen LogP contribution in [0.3, 0.4) is 0 Å². The zero-order valence-corrected chi connectivity index (χ0v) is 10.7. The summed E-state index contributed by atoms with van der Waals surface area (Å²) in [5.41, 5.74) is 5.80. The van der Waals surface area contributed by atoms with Crippen molar-refractivity contribution in [2.24, 2.45) is 23.5 Å². The topological polar surface area (TPSA) is 35.2 Å². The van der Waals surface area contributed by atoms with Crippen molar-refractivity contribution in [2.45, 2.75) is 58.0 Å². The molecule has 16 heavy (non-hydrogen) atoms. The molecule has 2 aliphatic rings. The molecule has 2 aliphatic carbocycles. The average molecular weight is 225 g/mol. The highest BCUT2D eigenvalue weighted by Crippen LogP contribution is 2.32. The third-order valence-electron chi connectivity index (χ3n) is 4.63. The fraction of sp³-hybridized carbons (Fsp3) is 1.00. The van der Waals surface area contributed by atoms with Crippen LogP contribution in [0.25, 0.3) is 0 Å². The van der Waals surface area contributed by atoms with Crippen molar-refractivity contribution < 1.29 is 4.74 Å². The van der Waals surface area contributed by atoms with E-state index in [0.29, 0.717) is 6.10 Å². The van der Waals surface area contributed by atoms with Crippen LogP contribution in [0.4, 0.5) is 0 Å². The second kappa shape index (κ2) is 6.02. The molecule has 0 aromatic heterocycles. The molecule has 2 atom stereocenters. The lowest BCUT2D eigenvalue weighted by molar-refractivity contribution is -0.00517. The van der Waals surface area contributed by atoms with Crippen molar-refractivity contribution in [3.05, 3.63) is 0 Å². The van der Waals surface area contributed by atoms with Gasteiger partial charge >= 0.3 is 0 Å². The summed E-state index contributed by atoms with van der Waals surface area (Å²) in [4.78, 5) is 0. The molecular weight excluding hydrogens is 198 g/mol. The lowest BCUT2D eigenvalue weighted by Crippen LogP contribution is -2.27. The Balaban J connectivity index is 1.67. The molecule has 2 fully saturated rings. The maximum atomic E-state index is 6.09. The van der Waals surface area contributed by atoms with E-state index >= 15 is 0 Å². The standard InChI is InChI=1S/C14H27NO/c1-11-5-7-14(8-6-11)16-10-13-4-2-3-12(13)9-15/h11-14H,2-10,15H2,1H3. The minimum absolute atomic E-state index is 0.551. The van der Waals surface area contributed by atoms with E-state index in [0.717, 1.165) is 30.9 Å². The second-order valence-electron chi connectivity index (χ2n) is 5.90. The first-order chi connectivity index (χ1) is 7.79. The summed E-state index contributed by atoms with van der Waals surface area (Å²) in [7, 11) is 0. The fourth-order valence-electron chi connectivity index (χ4n) is 3.30. The van der Waals surface area contributed by atoms with Crippen molar-refractivity contribution in [1.29, 1.82) is 0 Å². The lowest BCUT2D eigenvalue weighted by Gasteiger charge is -2.28. The first-order valence-electron chi connectivity index (χ1n) is 7.11. The van der Waals surface area contributed by atoms with Crippen LogP contribution in [0.15, 0.2) is 0 Å². The number of ether oxygens (including phenoxy) is 1. The predicted molar refractivity (Wildman–Crippen MR) is 67.3 cm³/mol. The minimum atomic E-state index is 0.551. The Morgan fingerprint density at radius 2 is 1.69 bits per heavy atom. The Morgan fingerprint density at radius 1 is 1.00 bits per heavy atom. The molecule has 2 heteroatoms. The Hall–Kier alpha value is -0.0800. The summed E-state index contributed by atoms with van der Waals surface area (Å²) >= 11 is 0. The number of nitrogens with two attached hydrogens (primary N) is 1. The molecule has 0 radical (unpaired) electrons. The molecule has 2 saturated carbocycles. The van der Waals surface area contributed by atoms with Crippen LogP contribution in [0, 0.1) is 17.8 Å². The van der Waals surface area contributed by atoms with E-state index in [1.165, 1.54) is 44.9 Å². The van der Waals surface area contributed by atoms with Crippen molar-refractivity contribution in [3.8, 4) is 0 Å². The van der Waals surface area contributed by atoms with Crippen molar-refractivity contribution in [1.82, 2.24) is 0 Å². The normalized spacial score (nSPS) is 40.1. The zero-order chi connectivity index (χ0) is 11.4. The summed E-state index contributed by atoms with van der Waals surface area (Å²) < 4.78 is 6.09. The van der Waals surface area contributed by atoms with Gasteiger partial charge in [0.1, 0.15) is 0 Å². The van der Waals surface area contributed by atoms with Crippen LogP contribution in [-0.4, -0.2) is 19.3 Å². The smallest absolute Gasteiger partial charge is 0.0575 e. The fourth-order valence-corrected chi connectivity index (χ4v) is 3.30. The van der Waals surface area contributed by atoms with Crippen molar-refractivity contribution in [2.75, 3.05) is 13.2 Å². The minimum Gasteiger partial charge on any atom is -0.378 e. The van der Waals surface area contributed by atoms with Gasteiger partial charge in [0.05, 0.1) is 12.7 Å². The second-order valence-corrected chi connectivity index (χ2v) is 5.90. The van der Waals surface area contributed by atoms with Gasteiger partial charge in [-0.25, -0.2) is 0 Å². The van der Waals surface area contributed by atoms with E-state index in [1.807, 2.05) is 0 Å². The first-order valence-corrected chi connectivity index (χ1v) is 7.11. The highest BCUT2D eigenvalue weighted by atomic mass is 16.5. The van der Waals surface area contributed by atoms with Crippen molar-refractivity contribution >= 4 is 0 Å². The van der Waals surface area contributed by atoms with E-state index in [4.69, 9.17) is 10.5 Å². The molecule has 0 saturated heterocycles. The molecule has 0 bridgehead atoms. The van der Waals surface area contributed by atoms with Gasteiger partial charge in [-0.05, 0) is 62.8 Å². The molecule has 2 N–H and O–H groups in total. The Labute approximate surface area is 99.9 Å². The summed E-state index contributed by atoms with van der Waals surface area (Å²) in [6.07, 6.45) is 9.85. The van der Waals surface area contributed by atoms with Gasteiger partial charge in [-0.15, -0.1) is 0 Å². The Bertz CT molecular complexity index is 199. The number of hydrogen-bond acceptors (Lipinski definition) is 2. The van der Waals surface area contributed by atoms with E-state index in [9.17, 15) is 0 Å². The summed E-state index contributed by atoms with van der Waals surface area (Å²) in [6.45, 7) is 4.19. The van der Waals surface area contributed by atoms with Crippen LogP contribution in [0.1, 0.15) is 51.9 Å². The first kappa shape index (κ1) is 12.4. The monoisotopic (exact) mass is 225 g/mol. The summed E-state index contributed by atoms with van der Waals surface area (Å²) in [5, 5.41) is 0. The molecule has 0 heterocycles. The third kappa shape index (κ3) is 3.21. The van der Waals surface area contributed by atoms with Crippen LogP contribution < -0.4 is 5.73 Å². The van der Waals surface area contributed by atoms with Gasteiger partial charge in [0.15, 0.2) is 0 Å². The molecule has 2 nitrogen and oxygen atoms in total. The molecule has 0 spiro atoms. The van der Waals surface area contributed by atoms with Crippen LogP contribution in [-0.2, 0) is 4.74 Å². The quantitative estimate of drug-likeness (QED) is 0.798. The maximum Gasteiger partial charge on any atom is 0.0575 e. The van der Waals surface area contributed by atoms with Gasteiger partial charge in [0, 0.05) is 0 Å². The summed E-state index contributed by atoms with van der Waals surface area (Å²) in [5.74, 6) is 2.41. The lowest BCUT2D eigenvalue weighted by atomic mass is 9.89. The SMILES string of the molecule is CC1CCC(OCC2CCCC2CN)CC1. The van der Waals surface area contributed by atoms with Gasteiger partial charge in [0.2, 0.25) is 0 Å². The third-order valence-corrected chi connectivity index (χ3v) is 4.63. The van der Waals surface area contributed by atoms with E-state index < -0.39 is 0 Å². The zero-order valence-electron chi connectivity index (χ0n) is 10.7. The van der Waals surface area contributed by atoms with Gasteiger partial charge < -0.3 is 10.5 Å². The van der Waals surface area contributed by atoms with Crippen LogP contribution in [0.2, 0.25) is 0 Å². The highest BCUT2D eigenvalue weighted by molar-refractivity contribution is 4.79. The number of hydrogen-bond donors (Lipinski definition) is 1. The van der Waals surface area contributed by atoms with E-state index in [-0.39, 0.29) is 0 Å². The van der Waals surface area contributed by atoms with E-state index in [1.54, 1.807) is 0 Å². The molecule has 94 valence electrons. The van der Waals surface area contributed by atoms with Gasteiger partial charge in [-0.2, -0.15) is 0 Å². The molecule has 0 amide bonds. The van der Waals surface area contributed by atoms with E-state index in [2.05, 4.69) is 6.92 Å². The largest absolute Gasteiger partial charge is 0.378 e. The van der Waals surface area contributed by atoms with Gasteiger partial charge in [-0.3, -0.25) is 0 Å². The van der Waals surface area contributed by atoms with Gasteiger partial charge in [0.25, 0.3) is 0 Å².